The number of amides is 2. The maximum atomic E-state index is 13.6. The van der Waals surface area contributed by atoms with E-state index in [1.165, 1.54) is 6.26 Å². The van der Waals surface area contributed by atoms with Crippen molar-refractivity contribution in [3.05, 3.63) is 82.2 Å². The Labute approximate surface area is 173 Å². The zero-order valence-corrected chi connectivity index (χ0v) is 16.6. The molecule has 2 aromatic heterocycles. The van der Waals surface area contributed by atoms with E-state index < -0.39 is 5.66 Å². The van der Waals surface area contributed by atoms with Crippen molar-refractivity contribution in [3.8, 4) is 0 Å². The second kappa shape index (κ2) is 6.32. The number of nitrogens with zero attached hydrogens (tertiary/aromatic N) is 5. The second-order valence-electron chi connectivity index (χ2n) is 7.68. The first kappa shape index (κ1) is 18.2. The van der Waals surface area contributed by atoms with Gasteiger partial charge in [-0.3, -0.25) is 14.2 Å². The monoisotopic (exact) mass is 401 g/mol. The highest BCUT2D eigenvalue weighted by Gasteiger charge is 2.58. The van der Waals surface area contributed by atoms with Crippen LogP contribution >= 0.6 is 0 Å². The summed E-state index contributed by atoms with van der Waals surface area (Å²) in [5.74, 6) is -0.0522. The Kier molecular flexibility index (Phi) is 3.83. The Morgan fingerprint density at radius 1 is 1.17 bits per heavy atom. The van der Waals surface area contributed by atoms with E-state index in [-0.39, 0.29) is 18.4 Å². The topological polar surface area (TPSA) is 75.9 Å². The van der Waals surface area contributed by atoms with Gasteiger partial charge in [-0.1, -0.05) is 41.6 Å². The summed E-state index contributed by atoms with van der Waals surface area (Å²) < 4.78 is 6.71. The van der Waals surface area contributed by atoms with Crippen LogP contribution in [0.25, 0.3) is 4.85 Å². The minimum atomic E-state index is -1.03. The third-order valence-electron chi connectivity index (χ3n) is 6.09. The van der Waals surface area contributed by atoms with E-state index in [0.717, 1.165) is 11.1 Å². The lowest BCUT2D eigenvalue weighted by Gasteiger charge is -2.45. The van der Waals surface area contributed by atoms with Crippen molar-refractivity contribution in [3.63, 3.8) is 0 Å². The Bertz CT molecular complexity index is 1220. The molecule has 0 saturated carbocycles. The molecule has 0 radical (unpaired) electrons. The second-order valence-corrected chi connectivity index (χ2v) is 7.68. The molecule has 0 N–H and O–H groups in total. The van der Waals surface area contributed by atoms with Gasteiger partial charge in [0.25, 0.3) is 11.8 Å². The molecule has 150 valence electrons. The van der Waals surface area contributed by atoms with Crippen LogP contribution in [-0.2, 0) is 12.2 Å². The number of carbonyl (C=O) groups is 2. The van der Waals surface area contributed by atoms with Gasteiger partial charge in [0, 0.05) is 18.7 Å². The quantitative estimate of drug-likeness (QED) is 0.619. The lowest BCUT2D eigenvalue weighted by molar-refractivity contribution is -0.00552. The van der Waals surface area contributed by atoms with Crippen molar-refractivity contribution in [2.24, 2.45) is 0 Å². The van der Waals surface area contributed by atoms with Crippen LogP contribution in [0.3, 0.4) is 0 Å². The molecule has 1 aromatic carbocycles. The van der Waals surface area contributed by atoms with Gasteiger partial charge in [-0.2, -0.15) is 0 Å². The maximum Gasteiger partial charge on any atom is 0.294 e. The number of hydrogen-bond donors (Lipinski definition) is 0. The van der Waals surface area contributed by atoms with Crippen molar-refractivity contribution >= 4 is 17.6 Å². The van der Waals surface area contributed by atoms with Gasteiger partial charge in [0.05, 0.1) is 5.69 Å². The van der Waals surface area contributed by atoms with Gasteiger partial charge in [0.15, 0.2) is 11.4 Å². The highest BCUT2D eigenvalue weighted by molar-refractivity contribution is 5.99. The SMILES string of the molecule is [C-]#[N+]c1ccc2n1CC1(c3ccc(C)cc3)N(C(=O)c3conc3C)CCN1C2=O. The fourth-order valence-corrected chi connectivity index (χ4v) is 4.56. The molecule has 5 rings (SSSR count). The number of hydrogen-bond acceptors (Lipinski definition) is 4. The van der Waals surface area contributed by atoms with E-state index in [9.17, 15) is 9.59 Å². The van der Waals surface area contributed by atoms with Gasteiger partial charge in [-0.25, -0.2) is 0 Å². The molecule has 1 unspecified atom stereocenters. The largest absolute Gasteiger partial charge is 0.364 e. The molecule has 0 aliphatic carbocycles. The van der Waals surface area contributed by atoms with Crippen molar-refractivity contribution < 1.29 is 14.1 Å². The molecular weight excluding hydrogens is 382 g/mol. The van der Waals surface area contributed by atoms with Crippen molar-refractivity contribution in [2.45, 2.75) is 26.1 Å². The molecule has 3 aromatic rings. The summed E-state index contributed by atoms with van der Waals surface area (Å²) in [6.07, 6.45) is 1.35. The Balaban J connectivity index is 1.73. The molecular formula is C22H19N5O3. The van der Waals surface area contributed by atoms with E-state index in [1.54, 1.807) is 33.4 Å². The fraction of sp³-hybridized carbons (Fsp3) is 0.273. The van der Waals surface area contributed by atoms with Crippen LogP contribution in [0.5, 0.6) is 0 Å². The molecule has 30 heavy (non-hydrogen) atoms. The Hall–Kier alpha value is -3.86. The van der Waals surface area contributed by atoms with E-state index in [1.807, 2.05) is 31.2 Å². The Morgan fingerprint density at radius 3 is 2.60 bits per heavy atom. The first-order valence-electron chi connectivity index (χ1n) is 9.66. The van der Waals surface area contributed by atoms with E-state index in [4.69, 9.17) is 11.1 Å². The number of carbonyl (C=O) groups excluding carboxylic acids is 2. The summed E-state index contributed by atoms with van der Waals surface area (Å²) in [6.45, 7) is 12.3. The van der Waals surface area contributed by atoms with Crippen molar-refractivity contribution in [2.75, 3.05) is 13.1 Å². The normalized spacial score (nSPS) is 20.1. The van der Waals surface area contributed by atoms with Gasteiger partial charge in [-0.05, 0) is 26.0 Å². The van der Waals surface area contributed by atoms with Gasteiger partial charge in [-0.15, -0.1) is 0 Å². The zero-order valence-electron chi connectivity index (χ0n) is 16.6. The Morgan fingerprint density at radius 2 is 1.93 bits per heavy atom. The smallest absolute Gasteiger partial charge is 0.294 e. The van der Waals surface area contributed by atoms with Crippen molar-refractivity contribution in [1.82, 2.24) is 19.5 Å². The molecule has 2 aliphatic heterocycles. The fourth-order valence-electron chi connectivity index (χ4n) is 4.56. The van der Waals surface area contributed by atoms with Crippen molar-refractivity contribution in [1.29, 1.82) is 0 Å². The van der Waals surface area contributed by atoms with Crippen LogP contribution in [0.4, 0.5) is 5.82 Å². The minimum Gasteiger partial charge on any atom is -0.364 e. The molecule has 4 heterocycles. The molecule has 1 fully saturated rings. The molecule has 2 amide bonds. The van der Waals surface area contributed by atoms with Crippen LogP contribution in [0.15, 0.2) is 47.2 Å². The molecule has 8 nitrogen and oxygen atoms in total. The van der Waals surface area contributed by atoms with Crippen LogP contribution in [0.1, 0.15) is 37.7 Å². The number of rotatable bonds is 2. The van der Waals surface area contributed by atoms with E-state index in [2.05, 4.69) is 10.0 Å². The average molecular weight is 401 g/mol. The summed E-state index contributed by atoms with van der Waals surface area (Å²) >= 11 is 0. The van der Waals surface area contributed by atoms with Crippen LogP contribution < -0.4 is 0 Å². The van der Waals surface area contributed by atoms with Crippen LogP contribution in [0, 0.1) is 20.4 Å². The van der Waals surface area contributed by atoms with Crippen LogP contribution in [0.2, 0.25) is 0 Å². The number of aryl methyl sites for hydroxylation is 2. The van der Waals surface area contributed by atoms with Gasteiger partial charge >= 0.3 is 0 Å². The van der Waals surface area contributed by atoms with E-state index >= 15 is 0 Å². The summed E-state index contributed by atoms with van der Waals surface area (Å²) in [4.78, 5) is 34.0. The first-order chi connectivity index (χ1) is 14.5. The van der Waals surface area contributed by atoms with Crippen LogP contribution in [-0.4, -0.2) is 44.4 Å². The molecule has 2 aliphatic rings. The molecule has 0 spiro atoms. The van der Waals surface area contributed by atoms with E-state index in [0.29, 0.717) is 35.9 Å². The maximum absolute atomic E-state index is 13.6. The van der Waals surface area contributed by atoms with Gasteiger partial charge in [0.1, 0.15) is 18.4 Å². The summed E-state index contributed by atoms with van der Waals surface area (Å²) in [5, 5.41) is 3.84. The zero-order chi connectivity index (χ0) is 21.0. The number of fused-ring (bicyclic) bond motifs is 2. The molecule has 0 bridgehead atoms. The summed E-state index contributed by atoms with van der Waals surface area (Å²) in [6, 6.07) is 11.2. The molecule has 8 heteroatoms. The third kappa shape index (κ3) is 2.29. The first-order valence-corrected chi connectivity index (χ1v) is 9.66. The predicted molar refractivity (Wildman–Crippen MR) is 107 cm³/mol. The lowest BCUT2D eigenvalue weighted by Crippen LogP contribution is -2.60. The molecule has 1 saturated heterocycles. The standard InChI is InChI=1S/C22H19N5O3/c1-14-4-6-16(7-5-14)22-13-25-18(8-9-19(25)23-3)21(29)27(22)11-10-26(22)20(28)17-12-30-24-15(17)2/h4-9,12H,10-11,13H2,1-2H3. The number of benzene rings is 1. The molecule has 1 atom stereocenters. The predicted octanol–water partition coefficient (Wildman–Crippen LogP) is 3.11. The van der Waals surface area contributed by atoms with Gasteiger partial charge in [0.2, 0.25) is 5.82 Å². The number of aromatic nitrogens is 2. The lowest BCUT2D eigenvalue weighted by atomic mass is 9.93. The third-order valence-corrected chi connectivity index (χ3v) is 6.09. The van der Waals surface area contributed by atoms with Gasteiger partial charge < -0.3 is 19.2 Å². The minimum absolute atomic E-state index is 0.186. The summed E-state index contributed by atoms with van der Waals surface area (Å²) in [5.41, 5.74) is 2.23. The summed E-state index contributed by atoms with van der Waals surface area (Å²) in [7, 11) is 0. The highest BCUT2D eigenvalue weighted by Crippen LogP contribution is 2.45. The highest BCUT2D eigenvalue weighted by atomic mass is 16.5. The average Bonchev–Trinajstić information content (AvgIpc) is 3.45.